The molecule has 0 unspecified atom stereocenters. The van der Waals surface area contributed by atoms with Crippen LogP contribution in [0.3, 0.4) is 0 Å². The van der Waals surface area contributed by atoms with Gasteiger partial charge in [-0.05, 0) is 12.1 Å². The molecule has 0 radical (unpaired) electrons. The lowest BCUT2D eigenvalue weighted by Crippen LogP contribution is -2.07. The highest BCUT2D eigenvalue weighted by Crippen LogP contribution is 2.26. The van der Waals surface area contributed by atoms with Crippen molar-refractivity contribution in [3.8, 4) is 5.75 Å². The van der Waals surface area contributed by atoms with Crippen molar-refractivity contribution in [2.45, 2.75) is 4.34 Å². The van der Waals surface area contributed by atoms with E-state index in [2.05, 4.69) is 10.2 Å². The molecule has 0 aliphatic heterocycles. The number of hydrogen-bond donors (Lipinski definition) is 1. The summed E-state index contributed by atoms with van der Waals surface area (Å²) in [7, 11) is 3.91. The van der Waals surface area contributed by atoms with Crippen LogP contribution < -0.4 is 15.4 Å². The van der Waals surface area contributed by atoms with E-state index >= 15 is 0 Å². The SMILES string of the molecule is CN(C)c1nnc(SCCOc2cccc(N)c2)s1. The van der Waals surface area contributed by atoms with Crippen molar-refractivity contribution in [2.75, 3.05) is 37.1 Å². The monoisotopic (exact) mass is 296 g/mol. The molecule has 7 heteroatoms. The third kappa shape index (κ3) is 4.29. The molecule has 0 spiro atoms. The summed E-state index contributed by atoms with van der Waals surface area (Å²) in [5.74, 6) is 1.63. The van der Waals surface area contributed by atoms with Crippen molar-refractivity contribution in [3.63, 3.8) is 0 Å². The van der Waals surface area contributed by atoms with Crippen molar-refractivity contribution in [3.05, 3.63) is 24.3 Å². The molecule has 0 saturated heterocycles. The van der Waals surface area contributed by atoms with Crippen LogP contribution in [0.15, 0.2) is 28.6 Å². The fraction of sp³-hybridized carbons (Fsp3) is 0.333. The summed E-state index contributed by atoms with van der Waals surface area (Å²) >= 11 is 3.22. The van der Waals surface area contributed by atoms with Gasteiger partial charge < -0.3 is 15.4 Å². The Morgan fingerprint density at radius 3 is 2.89 bits per heavy atom. The zero-order valence-electron chi connectivity index (χ0n) is 10.9. The highest BCUT2D eigenvalue weighted by Gasteiger charge is 2.05. The predicted octanol–water partition coefficient (Wildman–Crippen LogP) is 2.36. The number of benzene rings is 1. The van der Waals surface area contributed by atoms with Crippen LogP contribution in [-0.2, 0) is 0 Å². The zero-order valence-corrected chi connectivity index (χ0v) is 12.5. The van der Waals surface area contributed by atoms with Crippen molar-refractivity contribution >= 4 is 33.9 Å². The molecule has 0 aliphatic carbocycles. The van der Waals surface area contributed by atoms with Crippen LogP contribution in [-0.4, -0.2) is 36.7 Å². The molecule has 0 aliphatic rings. The van der Waals surface area contributed by atoms with Crippen molar-refractivity contribution in [2.24, 2.45) is 0 Å². The van der Waals surface area contributed by atoms with E-state index in [1.54, 1.807) is 23.1 Å². The molecule has 0 saturated carbocycles. The maximum absolute atomic E-state index is 5.68. The van der Waals surface area contributed by atoms with Gasteiger partial charge in [-0.15, -0.1) is 10.2 Å². The third-order valence-electron chi connectivity index (χ3n) is 2.21. The van der Waals surface area contributed by atoms with E-state index in [9.17, 15) is 0 Å². The maximum atomic E-state index is 5.68. The number of thioether (sulfide) groups is 1. The summed E-state index contributed by atoms with van der Waals surface area (Å²) in [6.07, 6.45) is 0. The highest BCUT2D eigenvalue weighted by molar-refractivity contribution is 8.01. The number of aromatic nitrogens is 2. The molecule has 0 bridgehead atoms. The number of rotatable bonds is 6. The van der Waals surface area contributed by atoms with Gasteiger partial charge in [0.25, 0.3) is 0 Å². The normalized spacial score (nSPS) is 10.4. The summed E-state index contributed by atoms with van der Waals surface area (Å²) < 4.78 is 6.57. The van der Waals surface area contributed by atoms with Crippen molar-refractivity contribution in [1.29, 1.82) is 0 Å². The molecule has 2 N–H and O–H groups in total. The summed E-state index contributed by atoms with van der Waals surface area (Å²) in [4.78, 5) is 1.95. The first-order valence-corrected chi connectivity index (χ1v) is 7.57. The van der Waals surface area contributed by atoms with E-state index in [1.807, 2.05) is 43.3 Å². The Hall–Kier alpha value is -1.47. The average Bonchev–Trinajstić information content (AvgIpc) is 2.84. The van der Waals surface area contributed by atoms with Gasteiger partial charge in [0.2, 0.25) is 5.13 Å². The maximum Gasteiger partial charge on any atom is 0.208 e. The Labute approximate surface area is 120 Å². The Morgan fingerprint density at radius 1 is 1.37 bits per heavy atom. The second kappa shape index (κ2) is 6.63. The Kier molecular flexibility index (Phi) is 4.86. The quantitative estimate of drug-likeness (QED) is 0.501. The first-order valence-electron chi connectivity index (χ1n) is 5.77. The summed E-state index contributed by atoms with van der Waals surface area (Å²) in [6, 6.07) is 7.44. The molecule has 1 heterocycles. The number of nitrogen functional groups attached to an aromatic ring is 1. The second-order valence-electron chi connectivity index (χ2n) is 4.01. The minimum atomic E-state index is 0.616. The highest BCUT2D eigenvalue weighted by atomic mass is 32.2. The molecule has 1 aromatic heterocycles. The lowest BCUT2D eigenvalue weighted by atomic mass is 10.3. The largest absolute Gasteiger partial charge is 0.493 e. The van der Waals surface area contributed by atoms with Crippen LogP contribution in [0.4, 0.5) is 10.8 Å². The fourth-order valence-electron chi connectivity index (χ4n) is 1.33. The van der Waals surface area contributed by atoms with Crippen LogP contribution in [0.2, 0.25) is 0 Å². The van der Waals surface area contributed by atoms with Gasteiger partial charge in [-0.1, -0.05) is 29.2 Å². The number of anilines is 2. The van der Waals surface area contributed by atoms with Gasteiger partial charge in [0.15, 0.2) is 4.34 Å². The molecular weight excluding hydrogens is 280 g/mol. The minimum absolute atomic E-state index is 0.616. The third-order valence-corrected chi connectivity index (χ3v) is 4.40. The fourth-order valence-corrected chi connectivity index (χ4v) is 2.99. The van der Waals surface area contributed by atoms with E-state index in [0.717, 1.165) is 21.0 Å². The average molecular weight is 296 g/mol. The molecule has 19 heavy (non-hydrogen) atoms. The van der Waals surface area contributed by atoms with Gasteiger partial charge in [-0.3, -0.25) is 0 Å². The van der Waals surface area contributed by atoms with Crippen molar-refractivity contribution < 1.29 is 4.74 Å². The van der Waals surface area contributed by atoms with Crippen LogP contribution in [0.1, 0.15) is 0 Å². The summed E-state index contributed by atoms with van der Waals surface area (Å²) in [5.41, 5.74) is 6.39. The number of ether oxygens (including phenoxy) is 1. The predicted molar refractivity (Wildman–Crippen MR) is 81.3 cm³/mol. The van der Waals surface area contributed by atoms with E-state index in [4.69, 9.17) is 10.5 Å². The van der Waals surface area contributed by atoms with E-state index in [-0.39, 0.29) is 0 Å². The number of hydrogen-bond acceptors (Lipinski definition) is 7. The van der Waals surface area contributed by atoms with Crippen LogP contribution in [0.25, 0.3) is 0 Å². The smallest absolute Gasteiger partial charge is 0.208 e. The molecule has 1 aromatic carbocycles. The lowest BCUT2D eigenvalue weighted by molar-refractivity contribution is 0.344. The number of nitrogens with two attached hydrogens (primary N) is 1. The standard InChI is InChI=1S/C12H16N4OS2/c1-16(2)11-14-15-12(19-11)18-7-6-17-10-5-3-4-9(13)8-10/h3-5,8H,6-7,13H2,1-2H3. The Morgan fingerprint density at radius 2 is 2.21 bits per heavy atom. The van der Waals surface area contributed by atoms with Gasteiger partial charge >= 0.3 is 0 Å². The number of nitrogens with zero attached hydrogens (tertiary/aromatic N) is 3. The molecule has 0 amide bonds. The van der Waals surface area contributed by atoms with Gasteiger partial charge in [0.1, 0.15) is 5.75 Å². The molecule has 5 nitrogen and oxygen atoms in total. The molecule has 0 fully saturated rings. The molecular formula is C12H16N4OS2. The Balaban J connectivity index is 1.74. The lowest BCUT2D eigenvalue weighted by Gasteiger charge is -2.05. The van der Waals surface area contributed by atoms with Gasteiger partial charge in [0, 0.05) is 31.6 Å². The van der Waals surface area contributed by atoms with Gasteiger partial charge in [-0.2, -0.15) is 0 Å². The van der Waals surface area contributed by atoms with Gasteiger partial charge in [-0.25, -0.2) is 0 Å². The van der Waals surface area contributed by atoms with E-state index < -0.39 is 0 Å². The Bertz CT molecular complexity index is 530. The van der Waals surface area contributed by atoms with Crippen LogP contribution >= 0.6 is 23.1 Å². The van der Waals surface area contributed by atoms with Crippen LogP contribution in [0.5, 0.6) is 5.75 Å². The van der Waals surface area contributed by atoms with E-state index in [0.29, 0.717) is 12.3 Å². The second-order valence-corrected chi connectivity index (χ2v) is 6.31. The summed E-state index contributed by atoms with van der Waals surface area (Å²) in [6.45, 7) is 0.616. The molecule has 102 valence electrons. The van der Waals surface area contributed by atoms with Crippen molar-refractivity contribution in [1.82, 2.24) is 10.2 Å². The van der Waals surface area contributed by atoms with Crippen LogP contribution in [0, 0.1) is 0 Å². The molecule has 2 rings (SSSR count). The first kappa shape index (κ1) is 14.0. The first-order chi connectivity index (χ1) is 9.15. The molecule has 0 atom stereocenters. The summed E-state index contributed by atoms with van der Waals surface area (Å²) in [5, 5.41) is 9.11. The van der Waals surface area contributed by atoms with E-state index in [1.165, 1.54) is 0 Å². The topological polar surface area (TPSA) is 64.3 Å². The van der Waals surface area contributed by atoms with Gasteiger partial charge in [0.05, 0.1) is 6.61 Å². The minimum Gasteiger partial charge on any atom is -0.493 e. The molecule has 2 aromatic rings. The zero-order chi connectivity index (χ0) is 13.7.